The first-order valence-corrected chi connectivity index (χ1v) is 11.9. The number of rotatable bonds is 14. The number of hydrogen-bond donors (Lipinski definition) is 2. The Balaban J connectivity index is 2.75. The molecule has 4 amide bonds. The third-order valence-electron chi connectivity index (χ3n) is 6.01. The second kappa shape index (κ2) is 14.6. The van der Waals surface area contributed by atoms with E-state index in [1.807, 2.05) is 13.8 Å². The molecule has 0 spiro atoms. The Hall–Kier alpha value is -2.38. The highest BCUT2D eigenvalue weighted by molar-refractivity contribution is 5.97. The molecule has 32 heavy (non-hydrogen) atoms. The molecule has 1 fully saturated rings. The van der Waals surface area contributed by atoms with Gasteiger partial charge < -0.3 is 20.4 Å². The van der Waals surface area contributed by atoms with Crippen LogP contribution in [-0.2, 0) is 19.2 Å². The van der Waals surface area contributed by atoms with E-state index < -0.39 is 6.04 Å². The number of nitrogens with zero attached hydrogens (tertiary/aromatic N) is 2. The number of likely N-dealkylation sites (N-methyl/N-ethyl adjacent to an activating group) is 1. The van der Waals surface area contributed by atoms with Gasteiger partial charge in [0.15, 0.2) is 0 Å². The lowest BCUT2D eigenvalue weighted by Crippen LogP contribution is -2.47. The zero-order valence-corrected chi connectivity index (χ0v) is 20.5. The fraction of sp³-hybridized carbons (Fsp3) is 0.750. The van der Waals surface area contributed by atoms with Gasteiger partial charge in [-0.3, -0.25) is 19.2 Å². The molecule has 1 heterocycles. The summed E-state index contributed by atoms with van der Waals surface area (Å²) in [4.78, 5) is 51.8. The van der Waals surface area contributed by atoms with E-state index in [2.05, 4.69) is 17.6 Å². The predicted molar refractivity (Wildman–Crippen MR) is 126 cm³/mol. The molecule has 182 valence electrons. The molecular weight excluding hydrogens is 408 g/mol. The molecule has 1 rings (SSSR count). The minimum Gasteiger partial charge on any atom is -0.354 e. The summed E-state index contributed by atoms with van der Waals surface area (Å²) in [5.41, 5.74) is 0.519. The lowest BCUT2D eigenvalue weighted by Gasteiger charge is -2.30. The van der Waals surface area contributed by atoms with E-state index in [1.165, 1.54) is 19.3 Å². The monoisotopic (exact) mass is 450 g/mol. The van der Waals surface area contributed by atoms with Crippen molar-refractivity contribution in [3.05, 3.63) is 11.6 Å². The summed E-state index contributed by atoms with van der Waals surface area (Å²) in [6.07, 6.45) is 9.42. The van der Waals surface area contributed by atoms with E-state index in [0.29, 0.717) is 31.5 Å². The first-order chi connectivity index (χ1) is 15.2. The maximum Gasteiger partial charge on any atom is 0.249 e. The molecule has 1 saturated heterocycles. The molecule has 8 heteroatoms. The molecule has 0 saturated carbocycles. The molecule has 0 aromatic rings. The number of likely N-dealkylation sites (tertiary alicyclic amines) is 1. The Kier molecular flexibility index (Phi) is 12.7. The van der Waals surface area contributed by atoms with Crippen molar-refractivity contribution in [2.24, 2.45) is 5.92 Å². The zero-order chi connectivity index (χ0) is 24.1. The topological polar surface area (TPSA) is 98.8 Å². The van der Waals surface area contributed by atoms with Crippen molar-refractivity contribution in [3.63, 3.8) is 0 Å². The van der Waals surface area contributed by atoms with Crippen molar-refractivity contribution in [1.82, 2.24) is 20.4 Å². The average Bonchev–Trinajstić information content (AvgIpc) is 3.26. The summed E-state index contributed by atoms with van der Waals surface area (Å²) in [7, 11) is 1.67. The number of hydrogen-bond acceptors (Lipinski definition) is 4. The molecule has 1 aliphatic heterocycles. The molecule has 2 atom stereocenters. The molecule has 0 bridgehead atoms. The van der Waals surface area contributed by atoms with Crippen LogP contribution in [-0.4, -0.2) is 72.7 Å². The normalized spacial score (nSPS) is 17.2. The quantitative estimate of drug-likeness (QED) is 0.241. The van der Waals surface area contributed by atoms with Crippen molar-refractivity contribution >= 4 is 24.1 Å². The Morgan fingerprint density at radius 3 is 2.47 bits per heavy atom. The Labute approximate surface area is 193 Å². The highest BCUT2D eigenvalue weighted by atomic mass is 16.2. The average molecular weight is 451 g/mol. The highest BCUT2D eigenvalue weighted by Crippen LogP contribution is 2.21. The summed E-state index contributed by atoms with van der Waals surface area (Å²) in [6, 6.07) is -0.729. The Morgan fingerprint density at radius 2 is 1.84 bits per heavy atom. The van der Waals surface area contributed by atoms with Gasteiger partial charge in [-0.25, -0.2) is 0 Å². The van der Waals surface area contributed by atoms with E-state index >= 15 is 0 Å². The van der Waals surface area contributed by atoms with Crippen LogP contribution in [0.3, 0.4) is 0 Å². The van der Waals surface area contributed by atoms with E-state index in [0.717, 1.165) is 19.3 Å². The number of nitrogens with one attached hydrogen (secondary N) is 2. The molecular formula is C24H42N4O4. The lowest BCUT2D eigenvalue weighted by atomic mass is 9.99. The summed E-state index contributed by atoms with van der Waals surface area (Å²) < 4.78 is 0. The van der Waals surface area contributed by atoms with Gasteiger partial charge in [0.1, 0.15) is 6.04 Å². The van der Waals surface area contributed by atoms with Crippen LogP contribution < -0.4 is 10.6 Å². The lowest BCUT2D eigenvalue weighted by molar-refractivity contribution is -0.135. The molecule has 0 aliphatic carbocycles. The van der Waals surface area contributed by atoms with Gasteiger partial charge in [-0.05, 0) is 32.1 Å². The van der Waals surface area contributed by atoms with Crippen LogP contribution in [0.2, 0.25) is 0 Å². The van der Waals surface area contributed by atoms with Crippen LogP contribution in [0.4, 0.5) is 0 Å². The summed E-state index contributed by atoms with van der Waals surface area (Å²) >= 11 is 0. The Morgan fingerprint density at radius 1 is 1.16 bits per heavy atom. The van der Waals surface area contributed by atoms with Crippen LogP contribution in [0, 0.1) is 5.92 Å². The highest BCUT2D eigenvalue weighted by Gasteiger charge is 2.34. The van der Waals surface area contributed by atoms with Crippen molar-refractivity contribution in [2.45, 2.75) is 84.7 Å². The third kappa shape index (κ3) is 8.63. The number of carbonyl (C=O) groups excluding carboxylic acids is 4. The summed E-state index contributed by atoms with van der Waals surface area (Å²) in [6.45, 7) is 8.98. The van der Waals surface area contributed by atoms with Crippen molar-refractivity contribution < 1.29 is 19.2 Å². The van der Waals surface area contributed by atoms with E-state index in [-0.39, 0.29) is 36.2 Å². The van der Waals surface area contributed by atoms with Crippen LogP contribution in [0.1, 0.15) is 72.6 Å². The maximum absolute atomic E-state index is 13.1. The van der Waals surface area contributed by atoms with E-state index in [1.54, 1.807) is 29.8 Å². The van der Waals surface area contributed by atoms with E-state index in [9.17, 15) is 19.2 Å². The van der Waals surface area contributed by atoms with Gasteiger partial charge in [-0.1, -0.05) is 52.5 Å². The molecule has 8 nitrogen and oxygen atoms in total. The zero-order valence-electron chi connectivity index (χ0n) is 20.5. The van der Waals surface area contributed by atoms with Crippen LogP contribution >= 0.6 is 0 Å². The molecule has 0 radical (unpaired) electrons. The van der Waals surface area contributed by atoms with Crippen molar-refractivity contribution in [3.8, 4) is 0 Å². The third-order valence-corrected chi connectivity index (χ3v) is 6.01. The van der Waals surface area contributed by atoms with E-state index in [4.69, 9.17) is 0 Å². The van der Waals surface area contributed by atoms with Gasteiger partial charge >= 0.3 is 0 Å². The van der Waals surface area contributed by atoms with Crippen LogP contribution in [0.15, 0.2) is 11.6 Å². The minimum absolute atomic E-state index is 0.0771. The number of amides is 4. The summed E-state index contributed by atoms with van der Waals surface area (Å²) in [5, 5.41) is 5.38. The fourth-order valence-corrected chi connectivity index (χ4v) is 4.07. The number of unbranched alkanes of at least 4 members (excludes halogenated alkanes) is 4. The second-order valence-electron chi connectivity index (χ2n) is 8.95. The van der Waals surface area contributed by atoms with Crippen LogP contribution in [0.25, 0.3) is 0 Å². The SMILES string of the molecule is CCCCCCCNC(=O)[C@@H]1CCCN1C(=O)C(C)=C[C@H](C(C)C)N(C)C(=O)CNC=O. The largest absolute Gasteiger partial charge is 0.354 e. The van der Waals surface area contributed by atoms with Gasteiger partial charge in [0, 0.05) is 25.7 Å². The minimum atomic E-state index is -0.435. The molecule has 0 aromatic carbocycles. The first-order valence-electron chi connectivity index (χ1n) is 11.9. The van der Waals surface area contributed by atoms with Gasteiger partial charge in [0.2, 0.25) is 24.1 Å². The Bertz CT molecular complexity index is 662. The fourth-order valence-electron chi connectivity index (χ4n) is 4.07. The standard InChI is InChI=1S/C24H42N4O4/c1-6-7-8-9-10-13-26-23(31)20-12-11-14-28(20)24(32)19(4)15-21(18(2)3)27(5)22(30)16-25-17-29/h15,17-18,20-21H,6-14,16H2,1-5H3,(H,25,29)(H,26,31)/t20-,21+/m0/s1. The van der Waals surface area contributed by atoms with Gasteiger partial charge in [-0.15, -0.1) is 0 Å². The van der Waals surface area contributed by atoms with Gasteiger partial charge in [-0.2, -0.15) is 0 Å². The first kappa shape index (κ1) is 27.7. The molecule has 0 unspecified atom stereocenters. The van der Waals surface area contributed by atoms with Gasteiger partial charge in [0.05, 0.1) is 12.6 Å². The second-order valence-corrected chi connectivity index (χ2v) is 8.95. The smallest absolute Gasteiger partial charge is 0.249 e. The van der Waals surface area contributed by atoms with Crippen LogP contribution in [0.5, 0.6) is 0 Å². The van der Waals surface area contributed by atoms with Gasteiger partial charge in [0.25, 0.3) is 0 Å². The van der Waals surface area contributed by atoms with Crippen molar-refractivity contribution in [2.75, 3.05) is 26.7 Å². The van der Waals surface area contributed by atoms with Crippen molar-refractivity contribution in [1.29, 1.82) is 0 Å². The molecule has 0 aromatic heterocycles. The number of carbonyl (C=O) groups is 4. The maximum atomic E-state index is 13.1. The predicted octanol–water partition coefficient (Wildman–Crippen LogP) is 2.24. The molecule has 2 N–H and O–H groups in total. The molecule has 1 aliphatic rings. The summed E-state index contributed by atoms with van der Waals surface area (Å²) in [5.74, 6) is -0.395.